The Morgan fingerprint density at radius 3 is 2.56 bits per heavy atom. The van der Waals surface area contributed by atoms with Crippen LogP contribution in [0.25, 0.3) is 4.85 Å². The summed E-state index contributed by atoms with van der Waals surface area (Å²) in [5.74, 6) is 1.39. The Morgan fingerprint density at radius 2 is 2.06 bits per heavy atom. The number of nitrogens with zero attached hydrogens (tertiary/aromatic N) is 1. The molecule has 0 aliphatic carbocycles. The van der Waals surface area contributed by atoms with Gasteiger partial charge in [-0.05, 0) is 36.1 Å². The van der Waals surface area contributed by atoms with E-state index < -0.39 is 0 Å². The fourth-order valence-electron chi connectivity index (χ4n) is 1.69. The normalized spacial score (nSPS) is 13.9. The van der Waals surface area contributed by atoms with Crippen LogP contribution in [0.3, 0.4) is 0 Å². The number of hydrogen-bond acceptors (Lipinski definition) is 1. The molecule has 1 aromatic rings. The SMILES string of the molecule is [C-]#[N+]C(C)c1ccc(OC)c(C(C)CC)c1. The number of ether oxygens (including phenoxy) is 1. The molecule has 0 saturated heterocycles. The van der Waals surface area contributed by atoms with Gasteiger partial charge in [0.25, 0.3) is 0 Å². The third-order valence-electron chi connectivity index (χ3n) is 3.07. The average Bonchev–Trinajstić information content (AvgIpc) is 2.35. The van der Waals surface area contributed by atoms with Crippen molar-refractivity contribution >= 4 is 0 Å². The molecule has 2 heteroatoms. The molecule has 0 aromatic heterocycles. The summed E-state index contributed by atoms with van der Waals surface area (Å²) in [5, 5.41) is 0. The lowest BCUT2D eigenvalue weighted by molar-refractivity contribution is 0.405. The Balaban J connectivity index is 3.17. The van der Waals surface area contributed by atoms with Crippen LogP contribution in [0.2, 0.25) is 0 Å². The lowest BCUT2D eigenvalue weighted by Gasteiger charge is -2.15. The van der Waals surface area contributed by atoms with Crippen LogP contribution in [0.1, 0.15) is 50.3 Å². The standard InChI is InChI=1S/C14H19NO/c1-6-10(2)13-9-12(11(3)15-4)7-8-14(13)16-5/h7-11H,6H2,1-3,5H3. The van der Waals surface area contributed by atoms with Crippen molar-refractivity contribution in [2.24, 2.45) is 0 Å². The molecule has 0 saturated carbocycles. The zero-order chi connectivity index (χ0) is 12.1. The molecule has 0 fully saturated rings. The molecule has 16 heavy (non-hydrogen) atoms. The van der Waals surface area contributed by atoms with Gasteiger partial charge in [0, 0.05) is 12.5 Å². The van der Waals surface area contributed by atoms with Crippen LogP contribution in [0, 0.1) is 6.57 Å². The van der Waals surface area contributed by atoms with Gasteiger partial charge in [0.2, 0.25) is 6.04 Å². The lowest BCUT2D eigenvalue weighted by Crippen LogP contribution is -1.99. The van der Waals surface area contributed by atoms with Crippen LogP contribution in [0.15, 0.2) is 18.2 Å². The van der Waals surface area contributed by atoms with Crippen LogP contribution in [0.5, 0.6) is 5.75 Å². The van der Waals surface area contributed by atoms with Gasteiger partial charge in [-0.25, -0.2) is 6.57 Å². The monoisotopic (exact) mass is 217 g/mol. The van der Waals surface area contributed by atoms with E-state index in [1.807, 2.05) is 19.1 Å². The highest BCUT2D eigenvalue weighted by atomic mass is 16.5. The summed E-state index contributed by atoms with van der Waals surface area (Å²) in [4.78, 5) is 3.55. The van der Waals surface area contributed by atoms with E-state index >= 15 is 0 Å². The molecule has 0 bridgehead atoms. The van der Waals surface area contributed by atoms with Gasteiger partial charge >= 0.3 is 0 Å². The molecule has 0 heterocycles. The summed E-state index contributed by atoms with van der Waals surface area (Å²) in [5.41, 5.74) is 2.28. The fourth-order valence-corrected chi connectivity index (χ4v) is 1.69. The summed E-state index contributed by atoms with van der Waals surface area (Å²) in [6, 6.07) is 5.98. The predicted molar refractivity (Wildman–Crippen MR) is 66.7 cm³/mol. The van der Waals surface area contributed by atoms with Gasteiger partial charge in [0.1, 0.15) is 5.75 Å². The van der Waals surface area contributed by atoms with E-state index in [9.17, 15) is 0 Å². The average molecular weight is 217 g/mol. The van der Waals surface area contributed by atoms with Crippen LogP contribution in [-0.2, 0) is 0 Å². The fraction of sp³-hybridized carbons (Fsp3) is 0.500. The van der Waals surface area contributed by atoms with Crippen LogP contribution < -0.4 is 4.74 Å². The van der Waals surface area contributed by atoms with E-state index in [2.05, 4.69) is 24.8 Å². The predicted octanol–water partition coefficient (Wildman–Crippen LogP) is 4.19. The second-order valence-electron chi connectivity index (χ2n) is 4.12. The molecule has 86 valence electrons. The Bertz CT molecular complexity index is 392. The van der Waals surface area contributed by atoms with E-state index in [0.717, 1.165) is 17.7 Å². The number of methoxy groups -OCH3 is 1. The molecule has 2 unspecified atom stereocenters. The molecule has 2 nitrogen and oxygen atoms in total. The zero-order valence-electron chi connectivity index (χ0n) is 10.4. The number of rotatable bonds is 4. The van der Waals surface area contributed by atoms with Crippen molar-refractivity contribution < 1.29 is 4.74 Å². The smallest absolute Gasteiger partial charge is 0.245 e. The van der Waals surface area contributed by atoms with Crippen molar-refractivity contribution in [1.82, 2.24) is 0 Å². The second kappa shape index (κ2) is 5.55. The van der Waals surface area contributed by atoms with Crippen molar-refractivity contribution in [3.05, 3.63) is 40.7 Å². The zero-order valence-corrected chi connectivity index (χ0v) is 10.4. The van der Waals surface area contributed by atoms with E-state index in [1.165, 1.54) is 5.56 Å². The number of hydrogen-bond donors (Lipinski definition) is 0. The first-order valence-corrected chi connectivity index (χ1v) is 5.68. The molecule has 0 aliphatic rings. The maximum Gasteiger partial charge on any atom is 0.245 e. The summed E-state index contributed by atoms with van der Waals surface area (Å²) in [6.07, 6.45) is 1.08. The Kier molecular flexibility index (Phi) is 4.37. The molecule has 0 amide bonds. The molecule has 1 aromatic carbocycles. The molecular weight excluding hydrogens is 198 g/mol. The highest BCUT2D eigenvalue weighted by Crippen LogP contribution is 2.31. The van der Waals surface area contributed by atoms with Gasteiger partial charge in [-0.1, -0.05) is 13.8 Å². The van der Waals surface area contributed by atoms with Gasteiger partial charge in [0.15, 0.2) is 0 Å². The first-order chi connectivity index (χ1) is 7.63. The maximum absolute atomic E-state index is 7.06. The molecule has 0 spiro atoms. The summed E-state index contributed by atoms with van der Waals surface area (Å²) in [6.45, 7) is 13.3. The quantitative estimate of drug-likeness (QED) is 0.689. The molecule has 0 aliphatic heterocycles. The summed E-state index contributed by atoms with van der Waals surface area (Å²) < 4.78 is 5.36. The van der Waals surface area contributed by atoms with E-state index in [0.29, 0.717) is 5.92 Å². The van der Waals surface area contributed by atoms with Gasteiger partial charge in [-0.3, -0.25) is 0 Å². The minimum Gasteiger partial charge on any atom is -0.496 e. The second-order valence-corrected chi connectivity index (χ2v) is 4.12. The first kappa shape index (κ1) is 12.6. The maximum atomic E-state index is 7.06. The molecule has 0 radical (unpaired) electrons. The lowest BCUT2D eigenvalue weighted by atomic mass is 9.94. The number of benzene rings is 1. The van der Waals surface area contributed by atoms with Crippen molar-refractivity contribution in [3.8, 4) is 5.75 Å². The van der Waals surface area contributed by atoms with Crippen LogP contribution in [0.4, 0.5) is 0 Å². The van der Waals surface area contributed by atoms with Gasteiger partial charge in [-0.2, -0.15) is 0 Å². The van der Waals surface area contributed by atoms with Crippen molar-refractivity contribution in [3.63, 3.8) is 0 Å². The van der Waals surface area contributed by atoms with Gasteiger partial charge in [0.05, 0.1) is 7.11 Å². The topological polar surface area (TPSA) is 13.6 Å². The van der Waals surface area contributed by atoms with E-state index in [4.69, 9.17) is 11.3 Å². The summed E-state index contributed by atoms with van der Waals surface area (Å²) in [7, 11) is 1.69. The van der Waals surface area contributed by atoms with Gasteiger partial charge in [-0.15, -0.1) is 0 Å². The van der Waals surface area contributed by atoms with Crippen molar-refractivity contribution in [1.29, 1.82) is 0 Å². The van der Waals surface area contributed by atoms with Crippen molar-refractivity contribution in [2.45, 2.75) is 39.2 Å². The highest BCUT2D eigenvalue weighted by molar-refractivity contribution is 5.41. The van der Waals surface area contributed by atoms with Gasteiger partial charge < -0.3 is 9.58 Å². The third kappa shape index (κ3) is 2.55. The first-order valence-electron chi connectivity index (χ1n) is 5.68. The highest BCUT2D eigenvalue weighted by Gasteiger charge is 2.15. The summed E-state index contributed by atoms with van der Waals surface area (Å²) >= 11 is 0. The Labute approximate surface area is 98.1 Å². The Morgan fingerprint density at radius 1 is 1.38 bits per heavy atom. The minimum absolute atomic E-state index is 0.0753. The Hall–Kier alpha value is -1.49. The van der Waals surface area contributed by atoms with Crippen LogP contribution in [-0.4, -0.2) is 7.11 Å². The molecule has 2 atom stereocenters. The van der Waals surface area contributed by atoms with Crippen molar-refractivity contribution in [2.75, 3.05) is 7.11 Å². The minimum atomic E-state index is -0.0753. The molecule has 1 rings (SSSR count). The third-order valence-corrected chi connectivity index (χ3v) is 3.07. The van der Waals surface area contributed by atoms with Crippen LogP contribution >= 0.6 is 0 Å². The molecular formula is C14H19NO. The van der Waals surface area contributed by atoms with E-state index in [1.54, 1.807) is 7.11 Å². The largest absolute Gasteiger partial charge is 0.496 e. The van der Waals surface area contributed by atoms with E-state index in [-0.39, 0.29) is 6.04 Å². The molecule has 0 N–H and O–H groups in total.